The van der Waals surface area contributed by atoms with Crippen LogP contribution in [0.1, 0.15) is 56.2 Å². The topological polar surface area (TPSA) is 38.0 Å². The van der Waals surface area contributed by atoms with E-state index in [9.17, 15) is 0 Å². The van der Waals surface area contributed by atoms with Crippen molar-refractivity contribution in [3.05, 3.63) is 35.4 Å². The van der Waals surface area contributed by atoms with Gasteiger partial charge in [0.2, 0.25) is 0 Å². The lowest BCUT2D eigenvalue weighted by Gasteiger charge is -2.27. The molecule has 3 N–H and O–H groups in total. The average molecular weight is 278 g/mol. The van der Waals surface area contributed by atoms with Gasteiger partial charge >= 0.3 is 0 Å². The van der Waals surface area contributed by atoms with Crippen LogP contribution in [0.4, 0.5) is 0 Å². The molecular weight excluding hydrogens is 252 g/mol. The van der Waals surface area contributed by atoms with Gasteiger partial charge < -0.3 is 0 Å². The van der Waals surface area contributed by atoms with Gasteiger partial charge in [0, 0.05) is 5.75 Å². The minimum atomic E-state index is 0.267. The van der Waals surface area contributed by atoms with Crippen LogP contribution in [0.25, 0.3) is 0 Å². The Kier molecular flexibility index (Phi) is 5.74. The predicted octanol–water partition coefficient (Wildman–Crippen LogP) is 3.85. The maximum atomic E-state index is 5.73. The summed E-state index contributed by atoms with van der Waals surface area (Å²) in [6, 6.07) is 9.26. The second kappa shape index (κ2) is 7.32. The molecule has 0 aliphatic heterocycles. The van der Waals surface area contributed by atoms with E-state index in [2.05, 4.69) is 43.5 Å². The summed E-state index contributed by atoms with van der Waals surface area (Å²) in [5, 5.41) is 0. The molecule has 1 fully saturated rings. The summed E-state index contributed by atoms with van der Waals surface area (Å²) >= 11 is 1.98. The Bertz CT molecular complexity index is 388. The Morgan fingerprint density at radius 3 is 2.68 bits per heavy atom. The lowest BCUT2D eigenvalue weighted by atomic mass is 9.79. The van der Waals surface area contributed by atoms with E-state index in [1.165, 1.54) is 36.1 Å². The van der Waals surface area contributed by atoms with Crippen molar-refractivity contribution in [2.24, 2.45) is 11.8 Å². The molecule has 2 rings (SSSR count). The molecule has 0 amide bonds. The van der Waals surface area contributed by atoms with Crippen molar-refractivity contribution < 1.29 is 0 Å². The average Bonchev–Trinajstić information content (AvgIpc) is 2.32. The Morgan fingerprint density at radius 1 is 1.32 bits per heavy atom. The number of benzene rings is 1. The quantitative estimate of drug-likeness (QED) is 0.588. The predicted molar refractivity (Wildman–Crippen MR) is 85.3 cm³/mol. The number of hydrogen-bond acceptors (Lipinski definition) is 3. The van der Waals surface area contributed by atoms with Crippen molar-refractivity contribution in [1.29, 1.82) is 0 Å². The van der Waals surface area contributed by atoms with Gasteiger partial charge in [-0.2, -0.15) is 11.8 Å². The normalized spacial score (nSPS) is 17.5. The fraction of sp³-hybridized carbons (Fsp3) is 0.625. The van der Waals surface area contributed by atoms with Gasteiger partial charge in [-0.15, -0.1) is 0 Å². The lowest BCUT2D eigenvalue weighted by Crippen LogP contribution is -2.30. The number of hydrazine groups is 1. The number of hydrogen-bond donors (Lipinski definition) is 2. The van der Waals surface area contributed by atoms with Gasteiger partial charge in [-0.05, 0) is 41.6 Å². The molecule has 1 aromatic rings. The molecule has 0 bridgehead atoms. The first kappa shape index (κ1) is 14.9. The smallest absolute Gasteiger partial charge is 0.0550 e. The number of nitrogens with one attached hydrogen (secondary N) is 1. The summed E-state index contributed by atoms with van der Waals surface area (Å²) in [4.78, 5) is 0. The maximum absolute atomic E-state index is 5.73. The third kappa shape index (κ3) is 4.23. The van der Waals surface area contributed by atoms with Crippen molar-refractivity contribution in [2.45, 2.75) is 45.1 Å². The molecule has 3 heteroatoms. The lowest BCUT2D eigenvalue weighted by molar-refractivity contribution is 0.419. The largest absolute Gasteiger partial charge is 0.271 e. The first-order valence-electron chi connectivity index (χ1n) is 7.34. The molecule has 2 nitrogen and oxygen atoms in total. The molecule has 1 aliphatic rings. The highest BCUT2D eigenvalue weighted by Gasteiger charge is 2.20. The van der Waals surface area contributed by atoms with Crippen LogP contribution in [0.2, 0.25) is 0 Å². The van der Waals surface area contributed by atoms with E-state index in [0.717, 1.165) is 17.6 Å². The van der Waals surface area contributed by atoms with Crippen LogP contribution in [0.5, 0.6) is 0 Å². The Labute approximate surface area is 121 Å². The fourth-order valence-corrected chi connectivity index (χ4v) is 3.57. The monoisotopic (exact) mass is 278 g/mol. The zero-order valence-electron chi connectivity index (χ0n) is 12.1. The van der Waals surface area contributed by atoms with Gasteiger partial charge in [0.15, 0.2) is 0 Å². The van der Waals surface area contributed by atoms with Gasteiger partial charge in [0.25, 0.3) is 0 Å². The van der Waals surface area contributed by atoms with Crippen molar-refractivity contribution in [1.82, 2.24) is 5.43 Å². The van der Waals surface area contributed by atoms with Crippen LogP contribution in [0, 0.1) is 5.92 Å². The zero-order chi connectivity index (χ0) is 13.7. The van der Waals surface area contributed by atoms with Gasteiger partial charge in [-0.25, -0.2) is 0 Å². The maximum Gasteiger partial charge on any atom is 0.0550 e. The summed E-state index contributed by atoms with van der Waals surface area (Å²) in [5.41, 5.74) is 5.81. The van der Waals surface area contributed by atoms with E-state index in [0.29, 0.717) is 0 Å². The molecular formula is C16H26N2S. The van der Waals surface area contributed by atoms with E-state index in [-0.39, 0.29) is 6.04 Å². The highest BCUT2D eigenvalue weighted by atomic mass is 32.2. The summed E-state index contributed by atoms with van der Waals surface area (Å²) in [6.07, 6.45) is 4.09. The van der Waals surface area contributed by atoms with Crippen molar-refractivity contribution in [3.8, 4) is 0 Å². The van der Waals surface area contributed by atoms with Crippen molar-refractivity contribution in [2.75, 3.05) is 11.5 Å². The van der Waals surface area contributed by atoms with E-state index in [4.69, 9.17) is 5.84 Å². The molecule has 0 radical (unpaired) electrons. The Balaban J connectivity index is 1.96. The zero-order valence-corrected chi connectivity index (χ0v) is 12.9. The van der Waals surface area contributed by atoms with Crippen LogP contribution in [-0.2, 0) is 0 Å². The number of thioether (sulfide) groups is 1. The summed E-state index contributed by atoms with van der Waals surface area (Å²) < 4.78 is 0. The standard InChI is InChI=1S/C16H26N2S/c1-12(2)10-19-11-16(18-17)15-8-4-7-14(9-15)13-5-3-6-13/h4,7-9,12-13,16,18H,3,5-6,10-11,17H2,1-2H3. The van der Waals surface area contributed by atoms with Gasteiger partial charge in [-0.1, -0.05) is 44.5 Å². The Morgan fingerprint density at radius 2 is 2.11 bits per heavy atom. The molecule has 0 saturated heterocycles. The third-order valence-electron chi connectivity index (χ3n) is 3.83. The second-order valence-electron chi connectivity index (χ2n) is 5.95. The molecule has 1 saturated carbocycles. The molecule has 0 aromatic heterocycles. The van der Waals surface area contributed by atoms with Crippen LogP contribution in [0.15, 0.2) is 24.3 Å². The summed E-state index contributed by atoms with van der Waals surface area (Å²) in [6.45, 7) is 4.52. The van der Waals surface area contributed by atoms with Crippen LogP contribution in [0.3, 0.4) is 0 Å². The minimum Gasteiger partial charge on any atom is -0.271 e. The Hall–Kier alpha value is -0.510. The van der Waals surface area contributed by atoms with E-state index in [1.54, 1.807) is 0 Å². The van der Waals surface area contributed by atoms with Gasteiger partial charge in [0.05, 0.1) is 6.04 Å². The third-order valence-corrected chi connectivity index (χ3v) is 5.30. The van der Waals surface area contributed by atoms with Crippen LogP contribution < -0.4 is 11.3 Å². The van der Waals surface area contributed by atoms with E-state index in [1.807, 2.05) is 11.8 Å². The SMILES string of the molecule is CC(C)CSCC(NN)c1cccc(C2CCC2)c1. The molecule has 1 atom stereocenters. The highest BCUT2D eigenvalue weighted by Crippen LogP contribution is 2.37. The van der Waals surface area contributed by atoms with Crippen molar-refractivity contribution >= 4 is 11.8 Å². The minimum absolute atomic E-state index is 0.267. The van der Waals surface area contributed by atoms with E-state index < -0.39 is 0 Å². The molecule has 1 unspecified atom stereocenters. The van der Waals surface area contributed by atoms with Gasteiger partial charge in [0.1, 0.15) is 0 Å². The molecule has 0 heterocycles. The molecule has 0 spiro atoms. The molecule has 106 valence electrons. The van der Waals surface area contributed by atoms with Crippen LogP contribution >= 0.6 is 11.8 Å². The first-order valence-corrected chi connectivity index (χ1v) is 8.50. The molecule has 1 aliphatic carbocycles. The number of rotatable bonds is 7. The number of nitrogens with two attached hydrogens (primary N) is 1. The van der Waals surface area contributed by atoms with Gasteiger partial charge in [-0.3, -0.25) is 11.3 Å². The highest BCUT2D eigenvalue weighted by molar-refractivity contribution is 7.99. The van der Waals surface area contributed by atoms with Crippen LogP contribution in [-0.4, -0.2) is 11.5 Å². The summed E-state index contributed by atoms with van der Waals surface area (Å²) in [7, 11) is 0. The van der Waals surface area contributed by atoms with E-state index >= 15 is 0 Å². The molecule has 19 heavy (non-hydrogen) atoms. The van der Waals surface area contributed by atoms with Crippen molar-refractivity contribution in [3.63, 3.8) is 0 Å². The fourth-order valence-electron chi connectivity index (χ4n) is 2.43. The first-order chi connectivity index (χ1) is 9.20. The second-order valence-corrected chi connectivity index (χ2v) is 7.02. The molecule has 1 aromatic carbocycles. The summed E-state index contributed by atoms with van der Waals surface area (Å²) in [5.74, 6) is 9.50.